The molecule has 0 radical (unpaired) electrons. The molecule has 16 heteroatoms. The van der Waals surface area contributed by atoms with Gasteiger partial charge < -0.3 is 48.4 Å². The molecule has 330 valence electrons. The maximum Gasteiger partial charge on any atom is 0.230 e. The van der Waals surface area contributed by atoms with Crippen molar-refractivity contribution in [1.29, 1.82) is 0 Å². The lowest BCUT2D eigenvalue weighted by Crippen LogP contribution is -2.21. The smallest absolute Gasteiger partial charge is 0.230 e. The highest BCUT2D eigenvalue weighted by Gasteiger charge is 2.18. The third-order valence-corrected chi connectivity index (χ3v) is 10.1. The van der Waals surface area contributed by atoms with Crippen molar-refractivity contribution in [1.82, 2.24) is 29.8 Å². The summed E-state index contributed by atoms with van der Waals surface area (Å²) in [5, 5.41) is 5.19. The number of nitrogens with one attached hydrogen (secondary N) is 2. The predicted molar refractivity (Wildman–Crippen MR) is 244 cm³/mol. The van der Waals surface area contributed by atoms with Gasteiger partial charge in [-0.3, -0.25) is 0 Å². The lowest BCUT2D eigenvalue weighted by molar-refractivity contribution is 0.132. The van der Waals surface area contributed by atoms with E-state index in [4.69, 9.17) is 39.6 Å². The van der Waals surface area contributed by atoms with Crippen molar-refractivity contribution in [2.75, 3.05) is 79.3 Å². The van der Waals surface area contributed by atoms with Crippen LogP contribution in [0.2, 0.25) is 0 Å². The summed E-state index contributed by atoms with van der Waals surface area (Å²) in [5.41, 5.74) is 4.58. The number of H-pyrrole nitrogens is 1. The Morgan fingerprint density at radius 2 is 1.40 bits per heavy atom. The average Bonchev–Trinajstić information content (AvgIpc) is 3.96. The van der Waals surface area contributed by atoms with Gasteiger partial charge in [0, 0.05) is 66.1 Å². The first-order chi connectivity index (χ1) is 30.4. The topological polar surface area (TPSA) is 147 Å². The molecule has 2 N–H and O–H groups in total. The van der Waals surface area contributed by atoms with Gasteiger partial charge in [-0.15, -0.1) is 18.8 Å². The highest BCUT2D eigenvalue weighted by atomic mass is 35.5. The van der Waals surface area contributed by atoms with Crippen LogP contribution in [0.4, 0.5) is 15.9 Å². The van der Waals surface area contributed by atoms with Gasteiger partial charge in [-0.05, 0) is 87.8 Å². The molecule has 0 bridgehead atoms. The van der Waals surface area contributed by atoms with E-state index in [1.54, 1.807) is 45.6 Å². The highest BCUT2D eigenvalue weighted by molar-refractivity contribution is 5.93. The van der Waals surface area contributed by atoms with E-state index < -0.39 is 5.82 Å². The Hall–Kier alpha value is -6.44. The SMILES string of the molecule is C#Cc1cccc(Nc2ncnc3cc(OCCOC)c(OCCOC)cc23)c1.COc1cc2c(Oc3ccc4[nH]c(C)cc4c3F)ncnc2cc1OCCCN1CCCC1.Cl. The second-order valence-corrected chi connectivity index (χ2v) is 14.4. The van der Waals surface area contributed by atoms with Crippen LogP contribution >= 0.6 is 12.4 Å². The summed E-state index contributed by atoms with van der Waals surface area (Å²) in [5.74, 6) is 5.53. The third kappa shape index (κ3) is 11.7. The molecule has 63 heavy (non-hydrogen) atoms. The number of nitrogens with zero attached hydrogens (tertiary/aromatic N) is 5. The lowest BCUT2D eigenvalue weighted by Gasteiger charge is -2.16. The molecule has 3 aromatic heterocycles. The summed E-state index contributed by atoms with van der Waals surface area (Å²) < 4.78 is 54.3. The molecule has 1 aliphatic rings. The number of hydrogen-bond acceptors (Lipinski definition) is 13. The number of likely N-dealkylation sites (tertiary alicyclic amines) is 1. The van der Waals surface area contributed by atoms with Gasteiger partial charge in [-0.2, -0.15) is 0 Å². The Bertz CT molecular complexity index is 2650. The molecule has 1 fully saturated rings. The first-order valence-corrected chi connectivity index (χ1v) is 20.4. The van der Waals surface area contributed by atoms with Crippen molar-refractivity contribution in [2.24, 2.45) is 0 Å². The maximum absolute atomic E-state index is 15.0. The molecular weight excluding hydrogens is 829 g/mol. The molecule has 1 aliphatic heterocycles. The van der Waals surface area contributed by atoms with E-state index >= 15 is 4.39 Å². The fourth-order valence-electron chi connectivity index (χ4n) is 7.02. The summed E-state index contributed by atoms with van der Waals surface area (Å²) in [7, 11) is 4.84. The summed E-state index contributed by atoms with van der Waals surface area (Å²) in [6.07, 6.45) is 11.9. The predicted octanol–water partition coefficient (Wildman–Crippen LogP) is 9.05. The van der Waals surface area contributed by atoms with Gasteiger partial charge in [0.2, 0.25) is 5.88 Å². The minimum absolute atomic E-state index is 0. The summed E-state index contributed by atoms with van der Waals surface area (Å²) in [6.45, 7) is 7.59. The summed E-state index contributed by atoms with van der Waals surface area (Å²) in [4.78, 5) is 22.9. The summed E-state index contributed by atoms with van der Waals surface area (Å²) in [6, 6.07) is 20.0. The van der Waals surface area contributed by atoms with Crippen molar-refractivity contribution in [3.05, 3.63) is 96.5 Å². The molecule has 0 saturated carbocycles. The maximum atomic E-state index is 15.0. The van der Waals surface area contributed by atoms with Gasteiger partial charge in [-0.1, -0.05) is 12.0 Å². The number of terminal acetylenes is 1. The van der Waals surface area contributed by atoms with Crippen LogP contribution in [0.3, 0.4) is 0 Å². The van der Waals surface area contributed by atoms with Crippen LogP contribution in [-0.4, -0.2) is 104 Å². The van der Waals surface area contributed by atoms with Crippen molar-refractivity contribution < 1.29 is 37.5 Å². The zero-order valence-corrected chi connectivity index (χ0v) is 36.6. The molecule has 1 saturated heterocycles. The first kappa shape index (κ1) is 46.1. The van der Waals surface area contributed by atoms with E-state index in [0.29, 0.717) is 78.1 Å². The molecular formula is C47H51ClFN7O7. The van der Waals surface area contributed by atoms with E-state index in [1.165, 1.54) is 38.6 Å². The van der Waals surface area contributed by atoms with Crippen LogP contribution in [0.5, 0.6) is 34.6 Å². The largest absolute Gasteiger partial charge is 0.493 e. The molecule has 0 spiro atoms. The molecule has 7 aromatic rings. The van der Waals surface area contributed by atoms with Gasteiger partial charge in [0.25, 0.3) is 0 Å². The standard InChI is InChI=1S/C25H27FN4O3.C22H23N3O4.ClH/c1-16-12-17-19(29-16)6-7-21(24(17)26)33-25-18-13-22(31-2)23(14-20(18)27-15-28-25)32-11-5-10-30-8-3-4-9-30;1-4-16-6-5-7-17(12-16)25-22-18-13-20(28-10-8-26-2)21(29-11-9-27-3)14-19(18)23-15-24-22;/h6-7,12-15,29H,3-5,8-11H2,1-2H3;1,5-7,12-15H,8-11H2,2-3H3,(H,23,24,25);1H. The normalized spacial score (nSPS) is 12.3. The zero-order valence-electron chi connectivity index (χ0n) is 35.7. The minimum atomic E-state index is -0.437. The number of ether oxygens (including phenoxy) is 7. The van der Waals surface area contributed by atoms with Crippen LogP contribution < -0.4 is 29.0 Å². The number of hydrogen-bond donors (Lipinski definition) is 2. The van der Waals surface area contributed by atoms with Gasteiger partial charge >= 0.3 is 0 Å². The summed E-state index contributed by atoms with van der Waals surface area (Å²) >= 11 is 0. The second kappa shape index (κ2) is 22.6. The number of aromatic amines is 1. The fraction of sp³-hybridized carbons (Fsp3) is 0.319. The average molecular weight is 880 g/mol. The van der Waals surface area contributed by atoms with E-state index in [-0.39, 0.29) is 24.0 Å². The fourth-order valence-corrected chi connectivity index (χ4v) is 7.02. The van der Waals surface area contributed by atoms with Crippen LogP contribution in [0.1, 0.15) is 30.5 Å². The number of benzene rings is 4. The molecule has 0 aliphatic carbocycles. The molecule has 14 nitrogen and oxygen atoms in total. The number of aryl methyl sites for hydroxylation is 1. The molecule has 8 rings (SSSR count). The zero-order chi connectivity index (χ0) is 43.3. The van der Waals surface area contributed by atoms with E-state index in [0.717, 1.165) is 46.3 Å². The molecule has 0 atom stereocenters. The molecule has 0 unspecified atom stereocenters. The van der Waals surface area contributed by atoms with Crippen LogP contribution in [0.25, 0.3) is 32.7 Å². The van der Waals surface area contributed by atoms with Crippen molar-refractivity contribution in [3.63, 3.8) is 0 Å². The Labute approximate surface area is 371 Å². The van der Waals surface area contributed by atoms with Crippen molar-refractivity contribution >= 4 is 56.6 Å². The Morgan fingerprint density at radius 3 is 2.11 bits per heavy atom. The van der Waals surface area contributed by atoms with E-state index in [9.17, 15) is 0 Å². The number of halogens is 2. The second-order valence-electron chi connectivity index (χ2n) is 14.4. The number of anilines is 2. The van der Waals surface area contributed by atoms with E-state index in [2.05, 4.69) is 41.1 Å². The molecule has 0 amide bonds. The quantitative estimate of drug-likeness (QED) is 0.0625. The number of methoxy groups -OCH3 is 3. The Balaban J connectivity index is 0.000000208. The number of rotatable bonds is 18. The van der Waals surface area contributed by atoms with Gasteiger partial charge in [0.05, 0.1) is 43.4 Å². The molecule has 4 aromatic carbocycles. The van der Waals surface area contributed by atoms with E-state index in [1.807, 2.05) is 49.4 Å². The molecule has 4 heterocycles. The monoisotopic (exact) mass is 879 g/mol. The van der Waals surface area contributed by atoms with Crippen LogP contribution in [-0.2, 0) is 9.47 Å². The number of fused-ring (bicyclic) bond motifs is 3. The lowest BCUT2D eigenvalue weighted by atomic mass is 10.2. The Kier molecular flexibility index (Phi) is 16.5. The number of aromatic nitrogens is 5. The first-order valence-electron chi connectivity index (χ1n) is 20.4. The van der Waals surface area contributed by atoms with Crippen LogP contribution in [0.15, 0.2) is 79.4 Å². The van der Waals surface area contributed by atoms with Gasteiger partial charge in [-0.25, -0.2) is 24.3 Å². The van der Waals surface area contributed by atoms with Crippen molar-refractivity contribution in [3.8, 4) is 47.0 Å². The Morgan fingerprint density at radius 1 is 0.730 bits per heavy atom. The van der Waals surface area contributed by atoms with Gasteiger partial charge in [0.1, 0.15) is 31.7 Å². The third-order valence-electron chi connectivity index (χ3n) is 10.1. The van der Waals surface area contributed by atoms with Crippen molar-refractivity contribution in [2.45, 2.75) is 26.2 Å². The van der Waals surface area contributed by atoms with Crippen LogP contribution in [0, 0.1) is 25.1 Å². The highest BCUT2D eigenvalue weighted by Crippen LogP contribution is 2.38. The van der Waals surface area contributed by atoms with Gasteiger partial charge in [0.15, 0.2) is 34.6 Å². The minimum Gasteiger partial charge on any atom is -0.493 e.